The Morgan fingerprint density at radius 1 is 1.61 bits per heavy atom. The van der Waals surface area contributed by atoms with Crippen molar-refractivity contribution < 1.29 is 19.3 Å². The quantitative estimate of drug-likeness (QED) is 0.284. The molecule has 0 aliphatic carbocycles. The number of aliphatic hydroxyl groups excluding tert-OH is 2. The van der Waals surface area contributed by atoms with E-state index in [4.69, 9.17) is 26.7 Å². The summed E-state index contributed by atoms with van der Waals surface area (Å²) in [4.78, 5) is 18.3. The van der Waals surface area contributed by atoms with Crippen LogP contribution >= 0.6 is 0 Å². The van der Waals surface area contributed by atoms with Gasteiger partial charge in [0.25, 0.3) is 5.56 Å². The van der Waals surface area contributed by atoms with Crippen LogP contribution in [0.15, 0.2) is 11.0 Å². The summed E-state index contributed by atoms with van der Waals surface area (Å²) >= 11 is 0. The van der Waals surface area contributed by atoms with E-state index in [1.54, 1.807) is 0 Å². The molecule has 4 atom stereocenters. The average molecular weight is 326 g/mol. The molecule has 1 aliphatic rings. The van der Waals surface area contributed by atoms with Crippen LogP contribution in [0.3, 0.4) is 0 Å². The van der Waals surface area contributed by atoms with E-state index in [9.17, 15) is 14.3 Å². The smallest absolute Gasteiger partial charge is 0.262 e. The Kier molecular flexibility index (Phi) is 3.55. The average Bonchev–Trinajstić information content (AvgIpc) is 2.99. The number of hydrogen-bond acceptors (Lipinski definition) is 7. The van der Waals surface area contributed by atoms with Crippen LogP contribution in [0.2, 0.25) is 0 Å². The molecule has 1 saturated heterocycles. The third-order valence-electron chi connectivity index (χ3n) is 3.74. The van der Waals surface area contributed by atoms with Gasteiger partial charge in [0.2, 0.25) is 5.95 Å². The number of nitrogens with two attached hydrogens (primary N) is 2. The number of nitrogens with one attached hydrogen (secondary N) is 2. The third kappa shape index (κ3) is 2.25. The normalized spacial score (nSPS) is 27.6. The number of aromatic amines is 1. The van der Waals surface area contributed by atoms with E-state index >= 15 is 0 Å². The molecule has 0 aromatic carbocycles. The van der Waals surface area contributed by atoms with Gasteiger partial charge in [-0.25, -0.2) is 4.39 Å². The van der Waals surface area contributed by atoms with Gasteiger partial charge >= 0.3 is 0 Å². The maximum absolute atomic E-state index is 14.3. The number of hydrogen-bond donors (Lipinski definition) is 6. The van der Waals surface area contributed by atoms with Crippen molar-refractivity contribution in [3.8, 4) is 0 Å². The highest BCUT2D eigenvalue weighted by Crippen LogP contribution is 2.34. The first-order valence-electron chi connectivity index (χ1n) is 6.68. The lowest BCUT2D eigenvalue weighted by Crippen LogP contribution is -2.30. The van der Waals surface area contributed by atoms with Crippen LogP contribution in [-0.4, -0.2) is 55.6 Å². The number of ether oxygens (including phenoxy) is 1. The van der Waals surface area contributed by atoms with E-state index in [1.165, 1.54) is 6.20 Å². The number of H-pyrrole nitrogens is 1. The van der Waals surface area contributed by atoms with Crippen LogP contribution in [0, 0.1) is 5.41 Å². The van der Waals surface area contributed by atoms with Crippen molar-refractivity contribution in [2.75, 3.05) is 12.3 Å². The predicted molar refractivity (Wildman–Crippen MR) is 77.7 cm³/mol. The van der Waals surface area contributed by atoms with Crippen LogP contribution in [-0.2, 0) is 4.74 Å². The van der Waals surface area contributed by atoms with E-state index in [0.29, 0.717) is 0 Å². The highest BCUT2D eigenvalue weighted by Gasteiger charge is 2.45. The molecule has 0 bridgehead atoms. The maximum Gasteiger partial charge on any atom is 0.262 e. The Labute approximate surface area is 128 Å². The van der Waals surface area contributed by atoms with Crippen molar-refractivity contribution in [2.24, 2.45) is 5.73 Å². The van der Waals surface area contributed by atoms with Gasteiger partial charge < -0.3 is 31.0 Å². The summed E-state index contributed by atoms with van der Waals surface area (Å²) in [5, 5.41) is 26.4. The maximum atomic E-state index is 14.3. The number of amidine groups is 1. The summed E-state index contributed by atoms with van der Waals surface area (Å²) < 4.78 is 20.7. The van der Waals surface area contributed by atoms with Gasteiger partial charge in [0.1, 0.15) is 18.0 Å². The minimum absolute atomic E-state index is 0.0325. The molecular weight excluding hydrogens is 311 g/mol. The van der Waals surface area contributed by atoms with E-state index < -0.39 is 42.6 Å². The first-order chi connectivity index (χ1) is 10.8. The second-order valence-corrected chi connectivity index (χ2v) is 5.20. The van der Waals surface area contributed by atoms with Crippen molar-refractivity contribution in [3.63, 3.8) is 0 Å². The molecule has 1 unspecified atom stereocenters. The summed E-state index contributed by atoms with van der Waals surface area (Å²) in [6.45, 7) is -0.576. The van der Waals surface area contributed by atoms with Crippen molar-refractivity contribution in [3.05, 3.63) is 22.1 Å². The lowest BCUT2D eigenvalue weighted by Gasteiger charge is -2.15. The topological polar surface area (TPSA) is 176 Å². The first-order valence-corrected chi connectivity index (χ1v) is 6.68. The lowest BCUT2D eigenvalue weighted by atomic mass is 10.1. The Morgan fingerprint density at radius 3 is 2.87 bits per heavy atom. The van der Waals surface area contributed by atoms with E-state index in [0.717, 1.165) is 4.57 Å². The Balaban J connectivity index is 2.23. The molecule has 10 nitrogen and oxygen atoms in total. The number of halogens is 1. The Hall–Kier alpha value is -2.50. The zero-order valence-corrected chi connectivity index (χ0v) is 11.7. The van der Waals surface area contributed by atoms with Crippen LogP contribution < -0.4 is 17.0 Å². The van der Waals surface area contributed by atoms with E-state index in [-0.39, 0.29) is 22.5 Å². The zero-order valence-electron chi connectivity index (χ0n) is 11.7. The van der Waals surface area contributed by atoms with Gasteiger partial charge in [0.05, 0.1) is 12.0 Å². The molecule has 23 heavy (non-hydrogen) atoms. The molecule has 2 aromatic rings. The number of fused-ring (bicyclic) bond motifs is 1. The molecule has 1 fully saturated rings. The number of nitrogen functional groups attached to an aromatic ring is 2. The van der Waals surface area contributed by atoms with Crippen molar-refractivity contribution in [2.45, 2.75) is 24.6 Å². The first kappa shape index (κ1) is 15.4. The minimum Gasteiger partial charge on any atom is -0.394 e. The number of alkyl halides is 1. The van der Waals surface area contributed by atoms with E-state index in [2.05, 4.69) is 9.97 Å². The Bertz CT molecular complexity index is 833. The van der Waals surface area contributed by atoms with Gasteiger partial charge in [-0.1, -0.05) is 0 Å². The van der Waals surface area contributed by atoms with Gasteiger partial charge in [0, 0.05) is 11.8 Å². The fraction of sp³-hybridized carbons (Fsp3) is 0.417. The summed E-state index contributed by atoms with van der Waals surface area (Å²) in [5.74, 6) is -0.622. The predicted octanol–water partition coefficient (Wildman–Crippen LogP) is -1.82. The monoisotopic (exact) mass is 326 g/mol. The molecule has 3 rings (SSSR count). The molecule has 0 radical (unpaired) electrons. The minimum atomic E-state index is -1.87. The highest BCUT2D eigenvalue weighted by molar-refractivity contribution is 6.06. The third-order valence-corrected chi connectivity index (χ3v) is 3.74. The molecular formula is C12H15FN6O4. The van der Waals surface area contributed by atoms with Crippen molar-refractivity contribution in [1.29, 1.82) is 5.41 Å². The molecule has 8 N–H and O–H groups in total. The molecule has 3 heterocycles. The summed E-state index contributed by atoms with van der Waals surface area (Å²) in [6.07, 6.45) is -4.63. The lowest BCUT2D eigenvalue weighted by molar-refractivity contribution is -0.0457. The van der Waals surface area contributed by atoms with Gasteiger partial charge in [-0.05, 0) is 0 Å². The van der Waals surface area contributed by atoms with Crippen molar-refractivity contribution >= 4 is 22.8 Å². The van der Waals surface area contributed by atoms with Crippen LogP contribution in [0.1, 0.15) is 11.8 Å². The van der Waals surface area contributed by atoms with E-state index in [1.807, 2.05) is 0 Å². The fourth-order valence-corrected chi connectivity index (χ4v) is 2.65. The molecule has 1 aliphatic heterocycles. The summed E-state index contributed by atoms with van der Waals surface area (Å²) in [6, 6.07) is 0. The molecule has 0 amide bonds. The molecule has 2 aromatic heterocycles. The number of anilines is 1. The SMILES string of the molecule is N=C(N)c1cn([C@@H]2O[C@H](CO)C(O)[C@@H]2F)c2nc(N)[nH]c(=O)c12. The standard InChI is InChI=1S/C12H15FN6O4/c13-6-7(21)4(2-20)23-11(6)19-1-3(8(14)15)5-9(19)17-12(16)18-10(5)22/h1,4,6-7,11,20-21H,2H2,(H3,14,15)(H3,16,17,18,22)/t4-,6+,7?,11-/m1/s1. The van der Waals surface area contributed by atoms with Crippen LogP contribution in [0.25, 0.3) is 11.0 Å². The second kappa shape index (κ2) is 5.30. The summed E-state index contributed by atoms with van der Waals surface area (Å²) in [7, 11) is 0. The number of aromatic nitrogens is 3. The van der Waals surface area contributed by atoms with Gasteiger partial charge in [-0.15, -0.1) is 0 Å². The van der Waals surface area contributed by atoms with Crippen LogP contribution in [0.5, 0.6) is 0 Å². The number of nitrogens with zero attached hydrogens (tertiary/aromatic N) is 2. The van der Waals surface area contributed by atoms with Gasteiger partial charge in [-0.3, -0.25) is 15.2 Å². The highest BCUT2D eigenvalue weighted by atomic mass is 19.1. The van der Waals surface area contributed by atoms with Gasteiger partial charge in [-0.2, -0.15) is 4.98 Å². The number of rotatable bonds is 3. The van der Waals surface area contributed by atoms with Crippen LogP contribution in [0.4, 0.5) is 10.3 Å². The zero-order chi connectivity index (χ0) is 16.9. The summed E-state index contributed by atoms with van der Waals surface area (Å²) in [5.41, 5.74) is 10.3. The fourth-order valence-electron chi connectivity index (χ4n) is 2.65. The largest absolute Gasteiger partial charge is 0.394 e. The Morgan fingerprint density at radius 2 is 2.30 bits per heavy atom. The van der Waals surface area contributed by atoms with Gasteiger partial charge in [0.15, 0.2) is 18.0 Å². The molecule has 0 saturated carbocycles. The number of aliphatic hydroxyl groups is 2. The second-order valence-electron chi connectivity index (χ2n) is 5.20. The molecule has 124 valence electrons. The molecule has 0 spiro atoms. The molecule has 11 heteroatoms. The van der Waals surface area contributed by atoms with Crippen molar-refractivity contribution in [1.82, 2.24) is 14.5 Å².